The van der Waals surface area contributed by atoms with Crippen LogP contribution in [0.2, 0.25) is 0 Å². The molecule has 1 aromatic heterocycles. The maximum absolute atomic E-state index is 11.0. The van der Waals surface area contributed by atoms with Gasteiger partial charge in [-0.05, 0) is 18.6 Å². The summed E-state index contributed by atoms with van der Waals surface area (Å²) in [7, 11) is 1.39. The molecule has 5 nitrogen and oxygen atoms in total. The van der Waals surface area contributed by atoms with E-state index in [1.807, 2.05) is 28.8 Å². The van der Waals surface area contributed by atoms with E-state index in [-0.39, 0.29) is 5.97 Å². The minimum Gasteiger partial charge on any atom is -0.469 e. The van der Waals surface area contributed by atoms with Crippen LogP contribution < -0.4 is 5.73 Å². The average molecular weight is 233 g/mol. The number of carbonyl (C=O) groups excluding carboxylic acids is 1. The molecule has 0 amide bonds. The van der Waals surface area contributed by atoms with Gasteiger partial charge < -0.3 is 15.0 Å². The number of nitrogen functional groups attached to an aromatic ring is 1. The van der Waals surface area contributed by atoms with Gasteiger partial charge >= 0.3 is 5.97 Å². The third-order valence-electron chi connectivity index (χ3n) is 2.67. The fourth-order valence-corrected chi connectivity index (χ4v) is 1.81. The number of aromatic nitrogens is 2. The van der Waals surface area contributed by atoms with E-state index in [4.69, 9.17) is 5.73 Å². The molecule has 0 atom stereocenters. The number of anilines is 1. The van der Waals surface area contributed by atoms with Gasteiger partial charge in [0.2, 0.25) is 5.95 Å². The van der Waals surface area contributed by atoms with Crippen molar-refractivity contribution in [2.75, 3.05) is 12.8 Å². The Morgan fingerprint density at radius 3 is 3.00 bits per heavy atom. The van der Waals surface area contributed by atoms with Gasteiger partial charge in [0, 0.05) is 13.0 Å². The van der Waals surface area contributed by atoms with E-state index in [1.165, 1.54) is 7.11 Å². The summed E-state index contributed by atoms with van der Waals surface area (Å²) < 4.78 is 6.51. The average Bonchev–Trinajstić information content (AvgIpc) is 2.66. The normalized spacial score (nSPS) is 10.6. The summed E-state index contributed by atoms with van der Waals surface area (Å²) in [5.74, 6) is 0.282. The SMILES string of the molecule is COC(=O)CCCn1c(N)nc2ccccc21. The summed E-state index contributed by atoms with van der Waals surface area (Å²) in [4.78, 5) is 15.3. The molecule has 2 rings (SSSR count). The van der Waals surface area contributed by atoms with Crippen molar-refractivity contribution in [1.29, 1.82) is 0 Å². The lowest BCUT2D eigenvalue weighted by Crippen LogP contribution is -2.06. The Bertz CT molecular complexity index is 534. The van der Waals surface area contributed by atoms with E-state index < -0.39 is 0 Å². The maximum atomic E-state index is 11.0. The fourth-order valence-electron chi connectivity index (χ4n) is 1.81. The van der Waals surface area contributed by atoms with Gasteiger partial charge in [0.25, 0.3) is 0 Å². The Kier molecular flexibility index (Phi) is 3.27. The van der Waals surface area contributed by atoms with Crippen LogP contribution in [0.3, 0.4) is 0 Å². The number of nitrogens with zero attached hydrogens (tertiary/aromatic N) is 2. The quantitative estimate of drug-likeness (QED) is 0.814. The molecule has 0 unspecified atom stereocenters. The highest BCUT2D eigenvalue weighted by atomic mass is 16.5. The first-order valence-electron chi connectivity index (χ1n) is 5.50. The number of methoxy groups -OCH3 is 1. The van der Waals surface area contributed by atoms with Crippen LogP contribution in [-0.2, 0) is 16.1 Å². The van der Waals surface area contributed by atoms with E-state index >= 15 is 0 Å². The van der Waals surface area contributed by atoms with Crippen LogP contribution in [0.15, 0.2) is 24.3 Å². The van der Waals surface area contributed by atoms with Crippen molar-refractivity contribution < 1.29 is 9.53 Å². The maximum Gasteiger partial charge on any atom is 0.305 e. The van der Waals surface area contributed by atoms with E-state index in [1.54, 1.807) is 0 Å². The number of esters is 1. The molecule has 0 saturated heterocycles. The van der Waals surface area contributed by atoms with Gasteiger partial charge in [-0.15, -0.1) is 0 Å². The van der Waals surface area contributed by atoms with Crippen molar-refractivity contribution in [2.45, 2.75) is 19.4 Å². The Hall–Kier alpha value is -2.04. The first-order chi connectivity index (χ1) is 8.22. The molecule has 0 radical (unpaired) electrons. The topological polar surface area (TPSA) is 70.1 Å². The number of nitrogens with two attached hydrogens (primary N) is 1. The predicted octanol–water partition coefficient (Wildman–Crippen LogP) is 1.57. The van der Waals surface area contributed by atoms with Crippen LogP contribution in [0.4, 0.5) is 5.95 Å². The highest BCUT2D eigenvalue weighted by Crippen LogP contribution is 2.17. The van der Waals surface area contributed by atoms with E-state index in [2.05, 4.69) is 9.72 Å². The zero-order chi connectivity index (χ0) is 12.3. The van der Waals surface area contributed by atoms with E-state index in [0.29, 0.717) is 25.3 Å². The highest BCUT2D eigenvalue weighted by Gasteiger charge is 2.07. The molecule has 0 aliphatic carbocycles. The smallest absolute Gasteiger partial charge is 0.305 e. The third-order valence-corrected chi connectivity index (χ3v) is 2.67. The van der Waals surface area contributed by atoms with Crippen molar-refractivity contribution in [2.24, 2.45) is 0 Å². The van der Waals surface area contributed by atoms with Crippen molar-refractivity contribution in [3.8, 4) is 0 Å². The van der Waals surface area contributed by atoms with Gasteiger partial charge in [0.05, 0.1) is 18.1 Å². The molecule has 0 saturated carbocycles. The van der Waals surface area contributed by atoms with Crippen LogP contribution >= 0.6 is 0 Å². The minimum atomic E-state index is -0.201. The summed E-state index contributed by atoms with van der Waals surface area (Å²) in [6, 6.07) is 7.76. The van der Waals surface area contributed by atoms with Gasteiger partial charge in [0.15, 0.2) is 0 Å². The van der Waals surface area contributed by atoms with Gasteiger partial charge in [-0.2, -0.15) is 0 Å². The summed E-state index contributed by atoms with van der Waals surface area (Å²) in [5.41, 5.74) is 7.71. The van der Waals surface area contributed by atoms with Gasteiger partial charge in [-0.25, -0.2) is 4.98 Å². The van der Waals surface area contributed by atoms with Crippen molar-refractivity contribution in [3.63, 3.8) is 0 Å². The molecule has 5 heteroatoms. The van der Waals surface area contributed by atoms with Crippen LogP contribution in [0.25, 0.3) is 11.0 Å². The molecule has 2 aromatic rings. The van der Waals surface area contributed by atoms with Gasteiger partial charge in [0.1, 0.15) is 0 Å². The lowest BCUT2D eigenvalue weighted by molar-refractivity contribution is -0.140. The number of imidazole rings is 1. The highest BCUT2D eigenvalue weighted by molar-refractivity contribution is 5.78. The van der Waals surface area contributed by atoms with Crippen LogP contribution in [0.5, 0.6) is 0 Å². The Labute approximate surface area is 99.2 Å². The lowest BCUT2D eigenvalue weighted by atomic mass is 10.3. The van der Waals surface area contributed by atoms with Crippen LogP contribution in [-0.4, -0.2) is 22.6 Å². The number of para-hydroxylation sites is 2. The molecule has 1 heterocycles. The molecular formula is C12H15N3O2. The molecule has 0 spiro atoms. The first-order valence-corrected chi connectivity index (χ1v) is 5.50. The molecule has 0 aliphatic rings. The van der Waals surface area contributed by atoms with E-state index in [9.17, 15) is 4.79 Å². The second-order valence-corrected chi connectivity index (χ2v) is 3.79. The van der Waals surface area contributed by atoms with Crippen LogP contribution in [0.1, 0.15) is 12.8 Å². The molecular weight excluding hydrogens is 218 g/mol. The summed E-state index contributed by atoms with van der Waals surface area (Å²) in [5, 5.41) is 0. The molecule has 1 aromatic carbocycles. The number of fused-ring (bicyclic) bond motifs is 1. The predicted molar refractivity (Wildman–Crippen MR) is 65.4 cm³/mol. The molecule has 90 valence electrons. The Morgan fingerprint density at radius 1 is 1.47 bits per heavy atom. The third kappa shape index (κ3) is 2.38. The number of rotatable bonds is 4. The van der Waals surface area contributed by atoms with Gasteiger partial charge in [-0.1, -0.05) is 12.1 Å². The number of carbonyl (C=O) groups is 1. The number of benzene rings is 1. The second kappa shape index (κ2) is 4.86. The van der Waals surface area contributed by atoms with E-state index in [0.717, 1.165) is 11.0 Å². The zero-order valence-electron chi connectivity index (χ0n) is 9.72. The molecule has 0 bridgehead atoms. The molecule has 0 fully saturated rings. The zero-order valence-corrected chi connectivity index (χ0v) is 9.72. The Morgan fingerprint density at radius 2 is 2.24 bits per heavy atom. The summed E-state index contributed by atoms with van der Waals surface area (Å²) >= 11 is 0. The van der Waals surface area contributed by atoms with Crippen molar-refractivity contribution in [3.05, 3.63) is 24.3 Å². The number of hydrogen-bond acceptors (Lipinski definition) is 4. The standard InChI is InChI=1S/C12H15N3O2/c1-17-11(16)7-4-8-15-10-6-3-2-5-9(10)14-12(15)13/h2-3,5-6H,4,7-8H2,1H3,(H2,13,14). The Balaban J connectivity index is 2.12. The first kappa shape index (κ1) is 11.4. The summed E-state index contributed by atoms with van der Waals surface area (Å²) in [6.07, 6.45) is 1.08. The summed E-state index contributed by atoms with van der Waals surface area (Å²) in [6.45, 7) is 0.668. The molecule has 17 heavy (non-hydrogen) atoms. The number of aryl methyl sites for hydroxylation is 1. The molecule has 2 N–H and O–H groups in total. The number of hydrogen-bond donors (Lipinski definition) is 1. The van der Waals surface area contributed by atoms with Gasteiger partial charge in [-0.3, -0.25) is 4.79 Å². The van der Waals surface area contributed by atoms with Crippen molar-refractivity contribution in [1.82, 2.24) is 9.55 Å². The van der Waals surface area contributed by atoms with Crippen LogP contribution in [0, 0.1) is 0 Å². The van der Waals surface area contributed by atoms with Crippen molar-refractivity contribution >= 4 is 23.0 Å². The second-order valence-electron chi connectivity index (χ2n) is 3.79. The largest absolute Gasteiger partial charge is 0.469 e. The lowest BCUT2D eigenvalue weighted by Gasteiger charge is -2.05. The molecule has 0 aliphatic heterocycles. The fraction of sp³-hybridized carbons (Fsp3) is 0.333. The monoisotopic (exact) mass is 233 g/mol. The minimum absolute atomic E-state index is 0.201. The number of ether oxygens (including phenoxy) is 1.